The summed E-state index contributed by atoms with van der Waals surface area (Å²) in [6, 6.07) is 7.40. The molecular weight excluding hydrogens is 288 g/mol. The van der Waals surface area contributed by atoms with Gasteiger partial charge in [-0.2, -0.15) is 0 Å². The Hall–Kier alpha value is -2.08. The average Bonchev–Trinajstić information content (AvgIpc) is 2.67. The number of carbonyl (C=O) groups is 3. The minimum absolute atomic E-state index is 0.0170. The molecule has 1 fully saturated rings. The van der Waals surface area contributed by atoms with Gasteiger partial charge in [-0.05, 0) is 24.6 Å². The Morgan fingerprint density at radius 3 is 2.90 bits per heavy atom. The smallest absolute Gasteiger partial charge is 0.289 e. The molecule has 6 heteroatoms. The van der Waals surface area contributed by atoms with Crippen LogP contribution >= 0.6 is 11.8 Å². The molecule has 5 nitrogen and oxygen atoms in total. The van der Waals surface area contributed by atoms with E-state index in [2.05, 4.69) is 11.9 Å². The summed E-state index contributed by atoms with van der Waals surface area (Å²) in [5.74, 6) is -0.607. The number of rotatable bonds is 5. The number of carbonyl (C=O) groups excluding carboxylic acids is 3. The van der Waals surface area contributed by atoms with Crippen molar-refractivity contribution in [1.82, 2.24) is 4.90 Å². The molecule has 0 aliphatic carbocycles. The lowest BCUT2D eigenvalue weighted by Crippen LogP contribution is -2.33. The second kappa shape index (κ2) is 6.58. The largest absolute Gasteiger partial charge is 0.326 e. The van der Waals surface area contributed by atoms with Crippen molar-refractivity contribution >= 4 is 34.5 Å². The first-order chi connectivity index (χ1) is 10.0. The topological polar surface area (TPSA) is 66.5 Å². The van der Waals surface area contributed by atoms with E-state index in [0.717, 1.165) is 22.2 Å². The number of thioether (sulfide) groups is 1. The van der Waals surface area contributed by atoms with Crippen LogP contribution in [0.5, 0.6) is 0 Å². The van der Waals surface area contributed by atoms with Crippen molar-refractivity contribution in [1.29, 1.82) is 0 Å². The van der Waals surface area contributed by atoms with Crippen LogP contribution in [0.4, 0.5) is 10.5 Å². The van der Waals surface area contributed by atoms with Crippen molar-refractivity contribution < 1.29 is 14.4 Å². The summed E-state index contributed by atoms with van der Waals surface area (Å²) in [6.07, 6.45) is 1.47. The van der Waals surface area contributed by atoms with E-state index in [9.17, 15) is 14.4 Å². The third-order valence-electron chi connectivity index (χ3n) is 2.99. The van der Waals surface area contributed by atoms with Gasteiger partial charge < -0.3 is 5.32 Å². The normalized spacial score (nSPS) is 18.0. The lowest BCUT2D eigenvalue weighted by molar-refractivity contribution is -0.128. The SMILES string of the molecule is C=CCN1C(=O)SC(CC(=O)Nc2cccc(C)c2)C1=O. The predicted molar refractivity (Wildman–Crippen MR) is 83.1 cm³/mol. The van der Waals surface area contributed by atoms with Crippen LogP contribution in [-0.4, -0.2) is 33.7 Å². The molecule has 1 saturated heterocycles. The van der Waals surface area contributed by atoms with Gasteiger partial charge in [0, 0.05) is 18.7 Å². The van der Waals surface area contributed by atoms with Crippen LogP contribution in [0.3, 0.4) is 0 Å². The zero-order valence-corrected chi connectivity index (χ0v) is 12.5. The Balaban J connectivity index is 1.96. The number of hydrogen-bond acceptors (Lipinski definition) is 4. The quantitative estimate of drug-likeness (QED) is 0.849. The van der Waals surface area contributed by atoms with Crippen molar-refractivity contribution in [2.24, 2.45) is 0 Å². The van der Waals surface area contributed by atoms with Crippen LogP contribution in [0.2, 0.25) is 0 Å². The summed E-state index contributed by atoms with van der Waals surface area (Å²) >= 11 is 0.893. The van der Waals surface area contributed by atoms with Crippen molar-refractivity contribution in [3.63, 3.8) is 0 Å². The number of nitrogens with zero attached hydrogens (tertiary/aromatic N) is 1. The number of benzene rings is 1. The number of nitrogens with one attached hydrogen (secondary N) is 1. The molecule has 110 valence electrons. The Bertz CT molecular complexity index is 600. The van der Waals surface area contributed by atoms with Crippen LogP contribution in [-0.2, 0) is 9.59 Å². The van der Waals surface area contributed by atoms with Gasteiger partial charge in [0.2, 0.25) is 11.8 Å². The van der Waals surface area contributed by atoms with Gasteiger partial charge in [0.05, 0.1) is 0 Å². The summed E-state index contributed by atoms with van der Waals surface area (Å²) in [7, 11) is 0. The molecule has 0 radical (unpaired) electrons. The van der Waals surface area contributed by atoms with Gasteiger partial charge in [0.15, 0.2) is 0 Å². The van der Waals surface area contributed by atoms with E-state index in [1.807, 2.05) is 25.1 Å². The zero-order valence-electron chi connectivity index (χ0n) is 11.7. The molecule has 2 rings (SSSR count). The highest BCUT2D eigenvalue weighted by molar-refractivity contribution is 8.15. The molecule has 3 amide bonds. The van der Waals surface area contributed by atoms with Gasteiger partial charge in [-0.1, -0.05) is 30.0 Å². The second-order valence-electron chi connectivity index (χ2n) is 4.73. The first-order valence-electron chi connectivity index (χ1n) is 6.50. The molecule has 0 saturated carbocycles. The average molecular weight is 304 g/mol. The van der Waals surface area contributed by atoms with Gasteiger partial charge in [0.25, 0.3) is 5.24 Å². The molecule has 1 unspecified atom stereocenters. The molecule has 0 bridgehead atoms. The number of hydrogen-bond donors (Lipinski definition) is 1. The molecule has 1 aromatic rings. The minimum atomic E-state index is -0.651. The van der Waals surface area contributed by atoms with Gasteiger partial charge >= 0.3 is 0 Å². The fraction of sp³-hybridized carbons (Fsp3) is 0.267. The van der Waals surface area contributed by atoms with Crippen molar-refractivity contribution in [2.75, 3.05) is 11.9 Å². The first-order valence-corrected chi connectivity index (χ1v) is 7.38. The van der Waals surface area contributed by atoms with E-state index in [4.69, 9.17) is 0 Å². The van der Waals surface area contributed by atoms with Crippen LogP contribution < -0.4 is 5.32 Å². The summed E-state index contributed by atoms with van der Waals surface area (Å²) in [5.41, 5.74) is 1.72. The number of imide groups is 1. The molecule has 21 heavy (non-hydrogen) atoms. The standard InChI is InChI=1S/C15H16N2O3S/c1-3-7-17-14(19)12(21-15(17)20)9-13(18)16-11-6-4-5-10(2)8-11/h3-6,8,12H,1,7,9H2,2H3,(H,16,18). The Morgan fingerprint density at radius 2 is 2.24 bits per heavy atom. The zero-order chi connectivity index (χ0) is 15.4. The van der Waals surface area contributed by atoms with Gasteiger partial charge in [-0.3, -0.25) is 19.3 Å². The van der Waals surface area contributed by atoms with Gasteiger partial charge in [-0.15, -0.1) is 6.58 Å². The first kappa shape index (κ1) is 15.3. The van der Waals surface area contributed by atoms with Crippen molar-refractivity contribution in [3.05, 3.63) is 42.5 Å². The third-order valence-corrected chi connectivity index (χ3v) is 4.06. The van der Waals surface area contributed by atoms with Gasteiger partial charge in [0.1, 0.15) is 5.25 Å². The maximum atomic E-state index is 12.0. The number of aryl methyl sites for hydroxylation is 1. The Morgan fingerprint density at radius 1 is 1.48 bits per heavy atom. The highest BCUT2D eigenvalue weighted by Crippen LogP contribution is 2.29. The molecule has 1 aliphatic heterocycles. The maximum absolute atomic E-state index is 12.0. The summed E-state index contributed by atoms with van der Waals surface area (Å²) in [5, 5.41) is 1.76. The van der Waals surface area contributed by atoms with Crippen LogP contribution in [0.15, 0.2) is 36.9 Å². The molecule has 1 atom stereocenters. The molecule has 0 aromatic heterocycles. The molecule has 1 N–H and O–H groups in total. The Kier molecular flexibility index (Phi) is 4.80. The van der Waals surface area contributed by atoms with Crippen molar-refractivity contribution in [2.45, 2.75) is 18.6 Å². The highest BCUT2D eigenvalue weighted by Gasteiger charge is 2.39. The molecule has 1 aromatic carbocycles. The number of anilines is 1. The minimum Gasteiger partial charge on any atom is -0.326 e. The lowest BCUT2D eigenvalue weighted by atomic mass is 10.2. The molecule has 1 heterocycles. The van der Waals surface area contributed by atoms with E-state index in [1.165, 1.54) is 6.08 Å². The van der Waals surface area contributed by atoms with Crippen LogP contribution in [0.1, 0.15) is 12.0 Å². The van der Waals surface area contributed by atoms with E-state index >= 15 is 0 Å². The predicted octanol–water partition coefficient (Wildman–Crippen LogP) is 2.57. The number of amides is 3. The highest BCUT2D eigenvalue weighted by atomic mass is 32.2. The summed E-state index contributed by atoms with van der Waals surface area (Å²) < 4.78 is 0. The van der Waals surface area contributed by atoms with E-state index in [0.29, 0.717) is 5.69 Å². The lowest BCUT2D eigenvalue weighted by Gasteiger charge is -2.11. The van der Waals surface area contributed by atoms with Crippen LogP contribution in [0, 0.1) is 6.92 Å². The fourth-order valence-corrected chi connectivity index (χ4v) is 3.02. The van der Waals surface area contributed by atoms with E-state index in [1.54, 1.807) is 6.07 Å². The summed E-state index contributed by atoms with van der Waals surface area (Å²) in [6.45, 7) is 5.62. The molecule has 0 spiro atoms. The molecular formula is C15H16N2O3S. The van der Waals surface area contributed by atoms with E-state index < -0.39 is 5.25 Å². The third kappa shape index (κ3) is 3.72. The Labute approximate surface area is 127 Å². The van der Waals surface area contributed by atoms with Crippen molar-refractivity contribution in [3.8, 4) is 0 Å². The monoisotopic (exact) mass is 304 g/mol. The van der Waals surface area contributed by atoms with Gasteiger partial charge in [-0.25, -0.2) is 0 Å². The van der Waals surface area contributed by atoms with Crippen LogP contribution in [0.25, 0.3) is 0 Å². The second-order valence-corrected chi connectivity index (χ2v) is 5.89. The summed E-state index contributed by atoms with van der Waals surface area (Å²) in [4.78, 5) is 36.7. The fourth-order valence-electron chi connectivity index (χ4n) is 2.03. The van der Waals surface area contributed by atoms with E-state index in [-0.39, 0.29) is 30.0 Å². The molecule has 1 aliphatic rings. The maximum Gasteiger partial charge on any atom is 0.289 e.